The number of benzene rings is 1. The van der Waals surface area contributed by atoms with Crippen molar-refractivity contribution in [2.24, 2.45) is 5.73 Å². The van der Waals surface area contributed by atoms with Gasteiger partial charge in [0.1, 0.15) is 11.5 Å². The number of nitrogens with two attached hydrogens (primary N) is 1. The summed E-state index contributed by atoms with van der Waals surface area (Å²) >= 11 is 0. The molecule has 1 aromatic carbocycles. The summed E-state index contributed by atoms with van der Waals surface area (Å²) in [7, 11) is 3.33. The van der Waals surface area contributed by atoms with E-state index in [2.05, 4.69) is 0 Å². The van der Waals surface area contributed by atoms with Gasteiger partial charge >= 0.3 is 0 Å². The fourth-order valence-electron chi connectivity index (χ4n) is 1.63. The summed E-state index contributed by atoms with van der Waals surface area (Å²) < 4.78 is 10.6. The van der Waals surface area contributed by atoms with Crippen LogP contribution in [0.25, 0.3) is 0 Å². The van der Waals surface area contributed by atoms with Gasteiger partial charge in [-0.2, -0.15) is 0 Å². The van der Waals surface area contributed by atoms with E-state index < -0.39 is 0 Å². The third-order valence-electron chi connectivity index (χ3n) is 2.37. The fourth-order valence-corrected chi connectivity index (χ4v) is 1.63. The Kier molecular flexibility index (Phi) is 6.22. The van der Waals surface area contributed by atoms with Crippen LogP contribution in [0.4, 0.5) is 0 Å². The monoisotopic (exact) mass is 245 g/mol. The Labute approximate surface area is 103 Å². The quantitative estimate of drug-likeness (QED) is 0.886. The number of hydrogen-bond donors (Lipinski definition) is 1. The summed E-state index contributed by atoms with van der Waals surface area (Å²) in [6.45, 7) is 3.96. The number of methoxy groups -OCH3 is 2. The third kappa shape index (κ3) is 3.58. The Morgan fingerprint density at radius 2 is 1.62 bits per heavy atom. The second kappa shape index (κ2) is 6.61. The van der Waals surface area contributed by atoms with Gasteiger partial charge in [-0.15, -0.1) is 12.4 Å². The van der Waals surface area contributed by atoms with Crippen molar-refractivity contribution in [1.29, 1.82) is 0 Å². The van der Waals surface area contributed by atoms with Crippen molar-refractivity contribution in [3.05, 3.63) is 23.3 Å². The van der Waals surface area contributed by atoms with Gasteiger partial charge in [0.15, 0.2) is 0 Å². The van der Waals surface area contributed by atoms with E-state index in [0.717, 1.165) is 29.0 Å². The van der Waals surface area contributed by atoms with E-state index in [1.807, 2.05) is 26.0 Å². The molecule has 0 fully saturated rings. The van der Waals surface area contributed by atoms with Gasteiger partial charge < -0.3 is 15.2 Å². The van der Waals surface area contributed by atoms with Gasteiger partial charge in [-0.3, -0.25) is 0 Å². The molecular formula is C12H20ClNO2. The van der Waals surface area contributed by atoms with Gasteiger partial charge in [0, 0.05) is 11.6 Å². The van der Waals surface area contributed by atoms with E-state index in [4.69, 9.17) is 15.2 Å². The Morgan fingerprint density at radius 1 is 1.19 bits per heavy atom. The smallest absolute Gasteiger partial charge is 0.125 e. The first kappa shape index (κ1) is 15.1. The first-order valence-electron chi connectivity index (χ1n) is 5.05. The highest BCUT2D eigenvalue weighted by Crippen LogP contribution is 2.29. The molecule has 1 atom stereocenters. The Bertz CT molecular complexity index is 315. The van der Waals surface area contributed by atoms with E-state index in [-0.39, 0.29) is 18.4 Å². The number of hydrogen-bond acceptors (Lipinski definition) is 3. The van der Waals surface area contributed by atoms with Crippen LogP contribution in [0.15, 0.2) is 12.1 Å². The van der Waals surface area contributed by atoms with Crippen LogP contribution in [0, 0.1) is 6.92 Å². The lowest BCUT2D eigenvalue weighted by Crippen LogP contribution is -2.17. The summed E-state index contributed by atoms with van der Waals surface area (Å²) in [4.78, 5) is 0. The molecule has 0 aliphatic heterocycles. The summed E-state index contributed by atoms with van der Waals surface area (Å²) in [5.74, 6) is 1.70. The van der Waals surface area contributed by atoms with Crippen LogP contribution in [0.2, 0.25) is 0 Å². The highest BCUT2D eigenvalue weighted by Gasteiger charge is 2.09. The molecule has 2 N–H and O–H groups in total. The van der Waals surface area contributed by atoms with Gasteiger partial charge in [0.05, 0.1) is 14.2 Å². The Hall–Kier alpha value is -0.930. The normalized spacial score (nSPS) is 11.6. The molecule has 0 spiro atoms. The molecule has 0 radical (unpaired) electrons. The molecule has 0 bridgehead atoms. The van der Waals surface area contributed by atoms with Crippen LogP contribution in [0.5, 0.6) is 11.5 Å². The molecule has 1 rings (SSSR count). The lowest BCUT2D eigenvalue weighted by Gasteiger charge is -2.13. The number of halogens is 1. The molecule has 0 aliphatic carbocycles. The lowest BCUT2D eigenvalue weighted by atomic mass is 10.0. The average molecular weight is 246 g/mol. The molecule has 16 heavy (non-hydrogen) atoms. The zero-order chi connectivity index (χ0) is 11.4. The van der Waals surface area contributed by atoms with Crippen LogP contribution < -0.4 is 15.2 Å². The molecule has 0 saturated heterocycles. The fraction of sp³-hybridized carbons (Fsp3) is 0.500. The minimum atomic E-state index is 0. The minimum Gasteiger partial charge on any atom is -0.496 e. The molecule has 1 unspecified atom stereocenters. The van der Waals surface area contributed by atoms with Crippen molar-refractivity contribution in [2.75, 3.05) is 14.2 Å². The van der Waals surface area contributed by atoms with Crippen LogP contribution in [0.3, 0.4) is 0 Å². The molecular weight excluding hydrogens is 226 g/mol. The SMILES string of the molecule is COc1cc(CC(C)N)cc(OC)c1C.Cl. The predicted molar refractivity (Wildman–Crippen MR) is 68.9 cm³/mol. The van der Waals surface area contributed by atoms with Crippen molar-refractivity contribution < 1.29 is 9.47 Å². The first-order valence-corrected chi connectivity index (χ1v) is 5.05. The van der Waals surface area contributed by atoms with Crippen LogP contribution in [-0.4, -0.2) is 20.3 Å². The van der Waals surface area contributed by atoms with Gasteiger partial charge in [0.2, 0.25) is 0 Å². The summed E-state index contributed by atoms with van der Waals surface area (Å²) in [6.07, 6.45) is 0.826. The summed E-state index contributed by atoms with van der Waals surface area (Å²) in [6, 6.07) is 4.17. The van der Waals surface area contributed by atoms with Crippen molar-refractivity contribution in [3.63, 3.8) is 0 Å². The molecule has 3 nitrogen and oxygen atoms in total. The third-order valence-corrected chi connectivity index (χ3v) is 2.37. The minimum absolute atomic E-state index is 0. The van der Waals surface area contributed by atoms with Gasteiger partial charge in [-0.25, -0.2) is 0 Å². The molecule has 0 heterocycles. The van der Waals surface area contributed by atoms with Gasteiger partial charge in [0.25, 0.3) is 0 Å². The number of rotatable bonds is 4. The highest BCUT2D eigenvalue weighted by molar-refractivity contribution is 5.85. The molecule has 92 valence electrons. The Balaban J connectivity index is 0.00000225. The molecule has 0 saturated carbocycles. The van der Waals surface area contributed by atoms with Crippen LogP contribution in [0.1, 0.15) is 18.1 Å². The van der Waals surface area contributed by atoms with Gasteiger partial charge in [-0.05, 0) is 38.0 Å². The molecule has 4 heteroatoms. The van der Waals surface area contributed by atoms with E-state index >= 15 is 0 Å². The molecule has 0 aliphatic rings. The molecule has 0 amide bonds. The standard InChI is InChI=1S/C12H19NO2.ClH/c1-8(13)5-10-6-11(14-3)9(2)12(7-10)15-4;/h6-8H,5,13H2,1-4H3;1H. The topological polar surface area (TPSA) is 44.5 Å². The maximum absolute atomic E-state index is 5.76. The summed E-state index contributed by atoms with van der Waals surface area (Å²) in [5.41, 5.74) is 7.93. The molecule has 0 aromatic heterocycles. The van der Waals surface area contributed by atoms with E-state index in [1.54, 1.807) is 14.2 Å². The Morgan fingerprint density at radius 3 is 1.94 bits per heavy atom. The lowest BCUT2D eigenvalue weighted by molar-refractivity contribution is 0.387. The number of ether oxygens (including phenoxy) is 2. The largest absolute Gasteiger partial charge is 0.496 e. The van der Waals surface area contributed by atoms with E-state index in [9.17, 15) is 0 Å². The maximum Gasteiger partial charge on any atom is 0.125 e. The van der Waals surface area contributed by atoms with Crippen molar-refractivity contribution >= 4 is 12.4 Å². The molecule has 1 aromatic rings. The zero-order valence-corrected chi connectivity index (χ0v) is 11.1. The van der Waals surface area contributed by atoms with Crippen molar-refractivity contribution in [3.8, 4) is 11.5 Å². The second-order valence-electron chi connectivity index (χ2n) is 3.81. The zero-order valence-electron chi connectivity index (χ0n) is 10.2. The van der Waals surface area contributed by atoms with E-state index in [0.29, 0.717) is 0 Å². The predicted octanol–water partition coefficient (Wildman–Crippen LogP) is 2.32. The van der Waals surface area contributed by atoms with Crippen LogP contribution >= 0.6 is 12.4 Å². The average Bonchev–Trinajstić information content (AvgIpc) is 2.19. The van der Waals surface area contributed by atoms with Crippen LogP contribution in [-0.2, 0) is 6.42 Å². The van der Waals surface area contributed by atoms with Crippen molar-refractivity contribution in [2.45, 2.75) is 26.3 Å². The highest BCUT2D eigenvalue weighted by atomic mass is 35.5. The summed E-state index contributed by atoms with van der Waals surface area (Å²) in [5, 5.41) is 0. The first-order chi connectivity index (χ1) is 7.08. The second-order valence-corrected chi connectivity index (χ2v) is 3.81. The van der Waals surface area contributed by atoms with E-state index in [1.165, 1.54) is 0 Å². The van der Waals surface area contributed by atoms with Crippen molar-refractivity contribution in [1.82, 2.24) is 0 Å². The van der Waals surface area contributed by atoms with Gasteiger partial charge in [-0.1, -0.05) is 0 Å². The maximum atomic E-state index is 5.76.